The molecular weight excluding hydrogens is 642 g/mol. The fourth-order valence-electron chi connectivity index (χ4n) is 5.41. The number of hydrogen-bond donors (Lipinski definition) is 0. The highest BCUT2D eigenvalue weighted by atomic mass is 79.9. The van der Waals surface area contributed by atoms with Gasteiger partial charge in [0.05, 0.1) is 14.2 Å². The van der Waals surface area contributed by atoms with Crippen LogP contribution in [0.25, 0.3) is 22.4 Å². The quantitative estimate of drug-likeness (QED) is 0.177. The zero-order chi connectivity index (χ0) is 32.2. The van der Waals surface area contributed by atoms with Crippen LogP contribution in [-0.4, -0.2) is 37.6 Å². The second-order valence-corrected chi connectivity index (χ2v) is 12.0. The second kappa shape index (κ2) is 13.5. The van der Waals surface area contributed by atoms with E-state index in [0.717, 1.165) is 62.5 Å². The van der Waals surface area contributed by atoms with Gasteiger partial charge < -0.3 is 22.8 Å². The lowest BCUT2D eigenvalue weighted by Gasteiger charge is -2.09. The van der Waals surface area contributed by atoms with E-state index in [4.69, 9.17) is 9.47 Å². The number of ether oxygens (including phenoxy) is 2. The Labute approximate surface area is 275 Å². The van der Waals surface area contributed by atoms with E-state index in [9.17, 15) is 4.79 Å². The number of benzene rings is 2. The van der Waals surface area contributed by atoms with Crippen molar-refractivity contribution in [3.8, 4) is 22.6 Å². The molecule has 0 fully saturated rings. The molecule has 46 heavy (non-hydrogen) atoms. The van der Waals surface area contributed by atoms with Crippen molar-refractivity contribution in [3.05, 3.63) is 153 Å². The fraction of sp³-hybridized carbons (Fsp3) is 0.162. The number of pyridine rings is 3. The molecule has 0 saturated carbocycles. The Hall–Kier alpha value is -5.15. The summed E-state index contributed by atoms with van der Waals surface area (Å²) in [6.07, 6.45) is 11.5. The molecule has 232 valence electrons. The second-order valence-electron chi connectivity index (χ2n) is 11.1. The first kappa shape index (κ1) is 30.9. The molecule has 5 aromatic heterocycles. The Morgan fingerprint density at radius 1 is 0.674 bits per heavy atom. The van der Waals surface area contributed by atoms with Crippen molar-refractivity contribution in [2.24, 2.45) is 7.05 Å². The molecule has 0 N–H and O–H groups in total. The number of aryl methyl sites for hydroxylation is 2. The van der Waals surface area contributed by atoms with Gasteiger partial charge in [0.25, 0.3) is 5.56 Å². The van der Waals surface area contributed by atoms with E-state index in [2.05, 4.69) is 65.2 Å². The third-order valence-corrected chi connectivity index (χ3v) is 8.38. The fourth-order valence-corrected chi connectivity index (χ4v) is 5.75. The number of rotatable bonds is 7. The standard InChI is InChI=1S/C22H21N3O2.C15H13BrN2O/c1-15-10-18(13-24(2)22(15)26)17-6-9-21-23-12-19(25(21)14-17)11-16-4-7-20(27-3)8-5-16;1-19-14-5-2-11(3-6-14)8-13-9-17-15-7-4-12(16)10-18(13)15/h4-10,12-14H,11H2,1-3H3;2-7,9-10H,8H2,1H3. The zero-order valence-corrected chi connectivity index (χ0v) is 27.7. The summed E-state index contributed by atoms with van der Waals surface area (Å²) in [5, 5.41) is 0. The van der Waals surface area contributed by atoms with Crippen LogP contribution in [0.2, 0.25) is 0 Å². The highest BCUT2D eigenvalue weighted by Crippen LogP contribution is 2.23. The lowest BCUT2D eigenvalue weighted by molar-refractivity contribution is 0.414. The van der Waals surface area contributed by atoms with Crippen LogP contribution in [0.3, 0.4) is 0 Å². The van der Waals surface area contributed by atoms with Crippen LogP contribution in [0.5, 0.6) is 11.5 Å². The van der Waals surface area contributed by atoms with Gasteiger partial charge >= 0.3 is 0 Å². The van der Waals surface area contributed by atoms with E-state index < -0.39 is 0 Å². The van der Waals surface area contributed by atoms with E-state index in [1.807, 2.05) is 86.3 Å². The SMILES string of the molecule is COc1ccc(Cc2cnc3ccc(-c4cc(C)c(=O)n(C)c4)cn23)cc1.COc1ccc(Cc2cnc3ccc(Br)cn23)cc1. The van der Waals surface area contributed by atoms with Crippen LogP contribution in [0.1, 0.15) is 28.1 Å². The minimum absolute atomic E-state index is 0.0302. The van der Waals surface area contributed by atoms with E-state index in [-0.39, 0.29) is 5.56 Å². The van der Waals surface area contributed by atoms with Crippen LogP contribution in [0.15, 0.2) is 119 Å². The summed E-state index contributed by atoms with van der Waals surface area (Å²) < 4.78 is 17.3. The molecule has 0 aliphatic carbocycles. The summed E-state index contributed by atoms with van der Waals surface area (Å²) in [6, 6.07) is 26.2. The number of aromatic nitrogens is 5. The molecule has 9 heteroatoms. The normalized spacial score (nSPS) is 11.0. The van der Waals surface area contributed by atoms with Crippen molar-refractivity contribution in [2.45, 2.75) is 19.8 Å². The van der Waals surface area contributed by atoms with E-state index >= 15 is 0 Å². The molecule has 2 aromatic carbocycles. The molecule has 0 unspecified atom stereocenters. The van der Waals surface area contributed by atoms with Gasteiger partial charge in [-0.05, 0) is 99.7 Å². The van der Waals surface area contributed by atoms with Gasteiger partial charge in [-0.15, -0.1) is 0 Å². The van der Waals surface area contributed by atoms with Crippen molar-refractivity contribution >= 4 is 27.2 Å². The summed E-state index contributed by atoms with van der Waals surface area (Å²) in [7, 11) is 5.13. The van der Waals surface area contributed by atoms with Crippen LogP contribution < -0.4 is 15.0 Å². The maximum atomic E-state index is 12.0. The molecule has 0 atom stereocenters. The molecule has 7 aromatic rings. The van der Waals surface area contributed by atoms with Gasteiger partial charge in [0.15, 0.2) is 0 Å². The van der Waals surface area contributed by atoms with Crippen LogP contribution >= 0.6 is 15.9 Å². The third-order valence-electron chi connectivity index (χ3n) is 7.91. The first-order chi connectivity index (χ1) is 22.3. The monoisotopic (exact) mass is 675 g/mol. The summed E-state index contributed by atoms with van der Waals surface area (Å²) in [6.45, 7) is 1.84. The number of imidazole rings is 2. The van der Waals surface area contributed by atoms with Gasteiger partial charge in [-0.3, -0.25) is 4.79 Å². The Morgan fingerprint density at radius 2 is 1.20 bits per heavy atom. The van der Waals surface area contributed by atoms with Crippen molar-refractivity contribution in [1.82, 2.24) is 23.3 Å². The summed E-state index contributed by atoms with van der Waals surface area (Å²) >= 11 is 3.49. The average molecular weight is 677 g/mol. The predicted molar refractivity (Wildman–Crippen MR) is 185 cm³/mol. The minimum Gasteiger partial charge on any atom is -0.497 e. The molecule has 5 heterocycles. The summed E-state index contributed by atoms with van der Waals surface area (Å²) in [5.74, 6) is 1.73. The Bertz CT molecular complexity index is 2150. The number of fused-ring (bicyclic) bond motifs is 2. The molecular formula is C37H34BrN5O3. The smallest absolute Gasteiger partial charge is 0.253 e. The van der Waals surface area contributed by atoms with Gasteiger partial charge in [0.2, 0.25) is 0 Å². The van der Waals surface area contributed by atoms with E-state index in [1.165, 1.54) is 16.8 Å². The molecule has 8 nitrogen and oxygen atoms in total. The molecule has 0 amide bonds. The number of hydrogen-bond acceptors (Lipinski definition) is 5. The van der Waals surface area contributed by atoms with Gasteiger partial charge in [-0.2, -0.15) is 0 Å². The number of halogens is 1. The molecule has 0 bridgehead atoms. The lowest BCUT2D eigenvalue weighted by Crippen LogP contribution is -2.18. The van der Waals surface area contributed by atoms with Gasteiger partial charge in [-0.25, -0.2) is 9.97 Å². The molecule has 0 aliphatic rings. The Kier molecular flexibility index (Phi) is 9.03. The van der Waals surface area contributed by atoms with Crippen molar-refractivity contribution in [3.63, 3.8) is 0 Å². The Balaban J connectivity index is 0.000000172. The highest BCUT2D eigenvalue weighted by Gasteiger charge is 2.09. The number of nitrogens with zero attached hydrogens (tertiary/aromatic N) is 5. The number of methoxy groups -OCH3 is 2. The molecule has 0 radical (unpaired) electrons. The lowest BCUT2D eigenvalue weighted by atomic mass is 10.1. The minimum atomic E-state index is 0.0302. The van der Waals surface area contributed by atoms with Crippen LogP contribution in [-0.2, 0) is 19.9 Å². The van der Waals surface area contributed by atoms with Crippen molar-refractivity contribution < 1.29 is 9.47 Å². The molecule has 0 aliphatic heterocycles. The largest absolute Gasteiger partial charge is 0.497 e. The maximum absolute atomic E-state index is 12.0. The van der Waals surface area contributed by atoms with Gasteiger partial charge in [0, 0.05) is 72.3 Å². The molecule has 0 spiro atoms. The van der Waals surface area contributed by atoms with E-state index in [1.54, 1.807) is 25.8 Å². The summed E-state index contributed by atoms with van der Waals surface area (Å²) in [4.78, 5) is 20.9. The van der Waals surface area contributed by atoms with Crippen molar-refractivity contribution in [1.29, 1.82) is 0 Å². The first-order valence-corrected chi connectivity index (χ1v) is 15.6. The van der Waals surface area contributed by atoms with Crippen molar-refractivity contribution in [2.75, 3.05) is 14.2 Å². The van der Waals surface area contributed by atoms with Crippen LogP contribution in [0.4, 0.5) is 0 Å². The zero-order valence-electron chi connectivity index (χ0n) is 26.1. The van der Waals surface area contributed by atoms with Gasteiger partial charge in [0.1, 0.15) is 22.8 Å². The summed E-state index contributed by atoms with van der Waals surface area (Å²) in [5.41, 5.74) is 9.41. The topological polar surface area (TPSA) is 75.1 Å². The highest BCUT2D eigenvalue weighted by molar-refractivity contribution is 9.10. The Morgan fingerprint density at radius 3 is 1.72 bits per heavy atom. The maximum Gasteiger partial charge on any atom is 0.253 e. The van der Waals surface area contributed by atoms with E-state index in [0.29, 0.717) is 0 Å². The average Bonchev–Trinajstić information content (AvgIpc) is 3.67. The third kappa shape index (κ3) is 6.74. The molecule has 0 saturated heterocycles. The first-order valence-electron chi connectivity index (χ1n) is 14.8. The van der Waals surface area contributed by atoms with Gasteiger partial charge in [-0.1, -0.05) is 24.3 Å². The van der Waals surface area contributed by atoms with Crippen LogP contribution in [0, 0.1) is 6.92 Å². The predicted octanol–water partition coefficient (Wildman–Crippen LogP) is 7.30. The molecule has 7 rings (SSSR count).